The van der Waals surface area contributed by atoms with Gasteiger partial charge in [-0.2, -0.15) is 8.78 Å². The van der Waals surface area contributed by atoms with E-state index in [1.54, 1.807) is 13.0 Å². The molecular weight excluding hydrogens is 410 g/mol. The van der Waals surface area contributed by atoms with E-state index in [-0.39, 0.29) is 17.4 Å². The van der Waals surface area contributed by atoms with Gasteiger partial charge < -0.3 is 14.6 Å². The number of ketones is 1. The molecule has 1 aromatic rings. The number of hydrogen-bond donors (Lipinski definition) is 1. The summed E-state index contributed by atoms with van der Waals surface area (Å²) in [7, 11) is 0. The maximum absolute atomic E-state index is 15.4. The zero-order valence-electron chi connectivity index (χ0n) is 17.8. The number of benzene rings is 1. The van der Waals surface area contributed by atoms with Crippen LogP contribution in [0.5, 0.6) is 0 Å². The first-order valence-corrected chi connectivity index (χ1v) is 10.9. The normalized spacial score (nSPS) is 45.1. The van der Waals surface area contributed by atoms with Gasteiger partial charge in [-0.25, -0.2) is 9.78 Å². The topological polar surface area (TPSA) is 74.2 Å². The summed E-state index contributed by atoms with van der Waals surface area (Å²) in [6, 6.07) is 7.27. The van der Waals surface area contributed by atoms with E-state index < -0.39 is 47.0 Å². The fraction of sp³-hybridized carbons (Fsp3) is 0.696. The number of aliphatic hydroxyl groups excluding tert-OH is 1. The highest BCUT2D eigenvalue weighted by Crippen LogP contribution is 2.64. The molecule has 4 saturated heterocycles. The molecule has 4 aliphatic heterocycles. The molecule has 6 rings (SSSR count). The van der Waals surface area contributed by atoms with Crippen molar-refractivity contribution in [2.24, 2.45) is 17.8 Å². The second-order valence-electron chi connectivity index (χ2n) is 9.88. The van der Waals surface area contributed by atoms with Crippen LogP contribution < -0.4 is 0 Å². The largest absolute Gasteiger partial charge is 0.383 e. The molecular formula is C23H28F2O6. The summed E-state index contributed by atoms with van der Waals surface area (Å²) in [5.74, 6) is -6.95. The SMILES string of the molecule is C[C@@H]1CC[C@@H]2[C@]34OO[C@@](C)(CC[C@@H]13)O[C@H]4O[C@]2(C)C(O)C(F)(F)C(=O)c1ccccc1. The van der Waals surface area contributed by atoms with Gasteiger partial charge in [0.15, 0.2) is 18.0 Å². The van der Waals surface area contributed by atoms with Crippen molar-refractivity contribution in [1.29, 1.82) is 0 Å². The lowest BCUT2D eigenvalue weighted by Crippen LogP contribution is -2.64. The summed E-state index contributed by atoms with van der Waals surface area (Å²) in [5, 5.41) is 11.0. The Labute approximate surface area is 179 Å². The zero-order valence-corrected chi connectivity index (χ0v) is 17.8. The molecule has 4 heterocycles. The number of rotatable bonds is 4. The van der Waals surface area contributed by atoms with E-state index in [0.717, 1.165) is 12.8 Å². The average Bonchev–Trinajstić information content (AvgIpc) is 2.83. The standard InChI is InChI=1S/C23H28F2O6/c1-13-9-10-16-21(3,18(27)23(24,25)17(26)14-7-5-4-6-8-14)29-19-22(16)15(13)11-12-20(2,28-19)30-31-22/h4-8,13,15-16,18-19,27H,9-12H2,1-3H3/t13-,15+,16+,18?,19+,20+,21+,22-/m1/s1. The molecule has 1 N–H and O–H groups in total. The minimum absolute atomic E-state index is 0.0342. The Kier molecular flexibility index (Phi) is 4.68. The third-order valence-corrected chi connectivity index (χ3v) is 8.00. The summed E-state index contributed by atoms with van der Waals surface area (Å²) < 4.78 is 43.0. The lowest BCUT2D eigenvalue weighted by atomic mass is 9.58. The van der Waals surface area contributed by atoms with Crippen molar-refractivity contribution in [2.75, 3.05) is 0 Å². The summed E-state index contributed by atoms with van der Waals surface area (Å²) in [5.41, 5.74) is -3.03. The van der Waals surface area contributed by atoms with Gasteiger partial charge in [-0.3, -0.25) is 4.79 Å². The molecule has 1 aliphatic carbocycles. The van der Waals surface area contributed by atoms with Crippen molar-refractivity contribution in [2.45, 2.75) is 81.8 Å². The minimum Gasteiger partial charge on any atom is -0.383 e. The highest BCUT2D eigenvalue weighted by molar-refractivity contribution is 6.01. The molecule has 8 heteroatoms. The Bertz CT molecular complexity index is 880. The van der Waals surface area contributed by atoms with Gasteiger partial charge in [0.2, 0.25) is 11.6 Å². The lowest BCUT2D eigenvalue weighted by molar-refractivity contribution is -0.541. The molecule has 170 valence electrons. The monoisotopic (exact) mass is 438 g/mol. The summed E-state index contributed by atoms with van der Waals surface area (Å²) in [6.45, 7) is 5.28. The molecule has 6 nitrogen and oxygen atoms in total. The van der Waals surface area contributed by atoms with Crippen LogP contribution in [0, 0.1) is 17.8 Å². The van der Waals surface area contributed by atoms with Gasteiger partial charge in [0, 0.05) is 17.9 Å². The van der Waals surface area contributed by atoms with Crippen LogP contribution in [0.25, 0.3) is 0 Å². The molecule has 1 aromatic carbocycles. The quantitative estimate of drug-likeness (QED) is 0.568. The number of fused-ring (bicyclic) bond motifs is 2. The highest BCUT2D eigenvalue weighted by Gasteiger charge is 2.77. The first kappa shape index (κ1) is 21.4. The number of ether oxygens (including phenoxy) is 2. The molecule has 31 heavy (non-hydrogen) atoms. The van der Waals surface area contributed by atoms with Crippen LogP contribution in [0.3, 0.4) is 0 Å². The minimum atomic E-state index is -4.06. The first-order chi connectivity index (χ1) is 14.5. The van der Waals surface area contributed by atoms with Crippen molar-refractivity contribution < 1.29 is 37.9 Å². The molecule has 1 saturated carbocycles. The van der Waals surface area contributed by atoms with Crippen LogP contribution in [0.2, 0.25) is 0 Å². The van der Waals surface area contributed by atoms with Gasteiger partial charge >= 0.3 is 5.92 Å². The van der Waals surface area contributed by atoms with Gasteiger partial charge in [-0.15, -0.1) is 0 Å². The third kappa shape index (κ3) is 2.82. The van der Waals surface area contributed by atoms with E-state index in [2.05, 4.69) is 6.92 Å². The first-order valence-electron chi connectivity index (χ1n) is 10.9. The maximum Gasteiger partial charge on any atom is 0.337 e. The Morgan fingerprint density at radius 2 is 1.84 bits per heavy atom. The number of alkyl halides is 2. The predicted octanol–water partition coefficient (Wildman–Crippen LogP) is 3.87. The molecule has 0 radical (unpaired) electrons. The smallest absolute Gasteiger partial charge is 0.337 e. The van der Waals surface area contributed by atoms with Gasteiger partial charge in [0.25, 0.3) is 0 Å². The summed E-state index contributed by atoms with van der Waals surface area (Å²) >= 11 is 0. The van der Waals surface area contributed by atoms with E-state index in [4.69, 9.17) is 19.2 Å². The van der Waals surface area contributed by atoms with Crippen molar-refractivity contribution in [3.05, 3.63) is 35.9 Å². The van der Waals surface area contributed by atoms with Crippen molar-refractivity contribution in [1.82, 2.24) is 0 Å². The van der Waals surface area contributed by atoms with Crippen LogP contribution in [0.4, 0.5) is 8.78 Å². The van der Waals surface area contributed by atoms with Gasteiger partial charge in [0.1, 0.15) is 5.60 Å². The van der Waals surface area contributed by atoms with Crippen LogP contribution >= 0.6 is 0 Å². The molecule has 2 bridgehead atoms. The van der Waals surface area contributed by atoms with Crippen LogP contribution in [0.1, 0.15) is 56.8 Å². The van der Waals surface area contributed by atoms with Crippen molar-refractivity contribution in [3.63, 3.8) is 0 Å². The average molecular weight is 438 g/mol. The second-order valence-corrected chi connectivity index (χ2v) is 9.88. The zero-order chi connectivity index (χ0) is 22.2. The van der Waals surface area contributed by atoms with E-state index in [1.807, 2.05) is 0 Å². The fourth-order valence-corrected chi connectivity index (χ4v) is 6.27. The van der Waals surface area contributed by atoms with E-state index in [0.29, 0.717) is 12.8 Å². The van der Waals surface area contributed by atoms with Crippen LogP contribution in [-0.4, -0.2) is 46.2 Å². The van der Waals surface area contributed by atoms with Gasteiger partial charge in [-0.1, -0.05) is 37.3 Å². The Hall–Kier alpha value is -1.45. The fourth-order valence-electron chi connectivity index (χ4n) is 6.27. The highest BCUT2D eigenvalue weighted by atomic mass is 19.3. The number of halogens is 2. The van der Waals surface area contributed by atoms with Gasteiger partial charge in [-0.05, 0) is 44.9 Å². The maximum atomic E-state index is 15.4. The number of hydrogen-bond acceptors (Lipinski definition) is 6. The molecule has 1 spiro atoms. The van der Waals surface area contributed by atoms with Crippen molar-refractivity contribution >= 4 is 5.78 Å². The molecule has 5 fully saturated rings. The Morgan fingerprint density at radius 3 is 2.55 bits per heavy atom. The predicted molar refractivity (Wildman–Crippen MR) is 104 cm³/mol. The number of Topliss-reactive ketones (excluding diaryl/α,β-unsaturated/α-hetero) is 1. The van der Waals surface area contributed by atoms with E-state index in [9.17, 15) is 9.90 Å². The van der Waals surface area contributed by atoms with E-state index in [1.165, 1.54) is 31.2 Å². The lowest BCUT2D eigenvalue weighted by Gasteiger charge is -2.51. The summed E-state index contributed by atoms with van der Waals surface area (Å²) in [4.78, 5) is 24.2. The van der Waals surface area contributed by atoms with Crippen molar-refractivity contribution in [3.8, 4) is 0 Å². The molecule has 5 aliphatic rings. The molecule has 8 atom stereocenters. The summed E-state index contributed by atoms with van der Waals surface area (Å²) in [6.07, 6.45) is -0.757. The molecule has 1 unspecified atom stereocenters. The number of aliphatic hydroxyl groups is 1. The van der Waals surface area contributed by atoms with Gasteiger partial charge in [0.05, 0.1) is 0 Å². The van der Waals surface area contributed by atoms with E-state index >= 15 is 8.78 Å². The Morgan fingerprint density at radius 1 is 1.13 bits per heavy atom. The molecule has 0 amide bonds. The van der Waals surface area contributed by atoms with Crippen LogP contribution in [0.15, 0.2) is 30.3 Å². The number of carbonyl (C=O) groups excluding carboxylic acids is 1. The Balaban J connectivity index is 1.54. The van der Waals surface area contributed by atoms with Crippen LogP contribution in [-0.2, 0) is 19.2 Å². The third-order valence-electron chi connectivity index (χ3n) is 8.00. The molecule has 0 aromatic heterocycles. The number of carbonyl (C=O) groups is 1. The second kappa shape index (κ2) is 6.78.